The van der Waals surface area contributed by atoms with Gasteiger partial charge in [0.1, 0.15) is 5.82 Å². The molecule has 1 fully saturated rings. The third-order valence-electron chi connectivity index (χ3n) is 7.28. The lowest BCUT2D eigenvalue weighted by Gasteiger charge is -2.42. The Kier molecular flexibility index (Phi) is 4.56. The van der Waals surface area contributed by atoms with Crippen molar-refractivity contribution in [3.05, 3.63) is 94.4 Å². The number of benzene rings is 2. The normalized spacial score (nSPS) is 24.3. The predicted octanol–water partition coefficient (Wildman–Crippen LogP) is 5.67. The fourth-order valence-electron chi connectivity index (χ4n) is 5.29. The number of halogens is 1. The van der Waals surface area contributed by atoms with Crippen molar-refractivity contribution in [1.82, 2.24) is 9.78 Å². The highest BCUT2D eigenvalue weighted by Gasteiger charge is 2.54. The van der Waals surface area contributed by atoms with Gasteiger partial charge in [0.15, 0.2) is 5.69 Å². The van der Waals surface area contributed by atoms with Crippen LogP contribution in [0, 0.1) is 17.8 Å². The van der Waals surface area contributed by atoms with Gasteiger partial charge in [0.25, 0.3) is 0 Å². The Morgan fingerprint density at radius 2 is 1.97 bits per heavy atom. The summed E-state index contributed by atoms with van der Waals surface area (Å²) < 4.78 is 15.2. The molecule has 5 heteroatoms. The summed E-state index contributed by atoms with van der Waals surface area (Å²) in [5.41, 5.74) is 4.65. The standard InChI is InChI=1S/C26H24FN3O/c1-25-16-19-17-29-30(22-9-7-21(27)8-10-22)24(19)15-20(25)12-14-26(25,31)13-11-18-5-3-4-6-23(18)28-2/h3-10,15,17,31H,11-14,16H2,1H3/t25-,26-/m0/s1. The fourth-order valence-corrected chi connectivity index (χ4v) is 5.29. The first-order chi connectivity index (χ1) is 14.9. The molecule has 2 aliphatic rings. The van der Waals surface area contributed by atoms with E-state index in [1.807, 2.05) is 35.1 Å². The molecule has 0 saturated heterocycles. The van der Waals surface area contributed by atoms with Crippen molar-refractivity contribution in [3.63, 3.8) is 0 Å². The number of fused-ring (bicyclic) bond motifs is 2. The average molecular weight is 413 g/mol. The van der Waals surface area contributed by atoms with E-state index in [2.05, 4.69) is 22.9 Å². The first-order valence-electron chi connectivity index (χ1n) is 10.7. The Hall–Kier alpha value is -3.23. The maximum absolute atomic E-state index is 13.3. The van der Waals surface area contributed by atoms with Crippen LogP contribution in [0.3, 0.4) is 0 Å². The molecule has 1 saturated carbocycles. The van der Waals surface area contributed by atoms with Crippen molar-refractivity contribution in [1.29, 1.82) is 0 Å². The topological polar surface area (TPSA) is 42.4 Å². The summed E-state index contributed by atoms with van der Waals surface area (Å²) in [4.78, 5) is 3.63. The maximum Gasteiger partial charge on any atom is 0.190 e. The van der Waals surface area contributed by atoms with E-state index in [4.69, 9.17) is 6.57 Å². The third kappa shape index (κ3) is 3.10. The van der Waals surface area contributed by atoms with E-state index in [0.717, 1.165) is 35.3 Å². The lowest BCUT2D eigenvalue weighted by molar-refractivity contribution is -0.0461. The molecule has 1 N–H and O–H groups in total. The zero-order valence-corrected chi connectivity index (χ0v) is 17.5. The van der Waals surface area contributed by atoms with E-state index in [9.17, 15) is 9.50 Å². The van der Waals surface area contributed by atoms with Crippen LogP contribution >= 0.6 is 0 Å². The van der Waals surface area contributed by atoms with Crippen molar-refractivity contribution >= 4 is 11.8 Å². The highest BCUT2D eigenvalue weighted by atomic mass is 19.1. The summed E-state index contributed by atoms with van der Waals surface area (Å²) in [5.74, 6) is -0.267. The smallest absolute Gasteiger partial charge is 0.190 e. The lowest BCUT2D eigenvalue weighted by atomic mass is 9.65. The summed E-state index contributed by atoms with van der Waals surface area (Å²) in [6, 6.07) is 14.0. The van der Waals surface area contributed by atoms with Gasteiger partial charge in [0, 0.05) is 5.41 Å². The molecule has 0 aliphatic heterocycles. The number of rotatable bonds is 4. The molecule has 0 bridgehead atoms. The summed E-state index contributed by atoms with van der Waals surface area (Å²) >= 11 is 0. The number of para-hydroxylation sites is 1. The molecule has 31 heavy (non-hydrogen) atoms. The first kappa shape index (κ1) is 19.7. The molecule has 3 aromatic rings. The highest BCUT2D eigenvalue weighted by Crippen LogP contribution is 2.57. The van der Waals surface area contributed by atoms with Crippen LogP contribution in [0.25, 0.3) is 16.6 Å². The summed E-state index contributed by atoms with van der Waals surface area (Å²) in [7, 11) is 0. The van der Waals surface area contributed by atoms with E-state index in [-0.39, 0.29) is 11.2 Å². The van der Waals surface area contributed by atoms with E-state index in [0.29, 0.717) is 24.9 Å². The van der Waals surface area contributed by atoms with Crippen LogP contribution in [-0.4, -0.2) is 20.5 Å². The number of aliphatic hydroxyl groups is 1. The minimum atomic E-state index is -0.830. The lowest BCUT2D eigenvalue weighted by Crippen LogP contribution is -2.45. The second kappa shape index (κ2) is 7.18. The van der Waals surface area contributed by atoms with E-state index in [1.165, 1.54) is 17.7 Å². The maximum atomic E-state index is 13.3. The Morgan fingerprint density at radius 3 is 2.74 bits per heavy atom. The van der Waals surface area contributed by atoms with Gasteiger partial charge in [-0.2, -0.15) is 5.10 Å². The van der Waals surface area contributed by atoms with Crippen LogP contribution < -0.4 is 0 Å². The number of hydrogen-bond donors (Lipinski definition) is 1. The number of aromatic nitrogens is 2. The fraction of sp³-hybridized carbons (Fsp3) is 0.308. The number of hydrogen-bond acceptors (Lipinski definition) is 2. The Morgan fingerprint density at radius 1 is 1.19 bits per heavy atom. The van der Waals surface area contributed by atoms with Crippen molar-refractivity contribution in [3.8, 4) is 5.69 Å². The second-order valence-electron chi connectivity index (χ2n) is 8.89. The highest BCUT2D eigenvalue weighted by molar-refractivity contribution is 5.62. The molecule has 156 valence electrons. The second-order valence-corrected chi connectivity index (χ2v) is 8.89. The monoisotopic (exact) mass is 413 g/mol. The number of aryl methyl sites for hydroxylation is 1. The Balaban J connectivity index is 1.44. The molecule has 0 amide bonds. The molecule has 5 rings (SSSR count). The van der Waals surface area contributed by atoms with E-state index < -0.39 is 5.60 Å². The molecule has 1 aromatic heterocycles. The first-order valence-corrected chi connectivity index (χ1v) is 10.7. The predicted molar refractivity (Wildman–Crippen MR) is 119 cm³/mol. The van der Waals surface area contributed by atoms with Gasteiger partial charge in [-0.25, -0.2) is 13.9 Å². The van der Waals surface area contributed by atoms with Crippen LogP contribution in [0.4, 0.5) is 10.1 Å². The average Bonchev–Trinajstić information content (AvgIpc) is 3.29. The van der Waals surface area contributed by atoms with E-state index in [1.54, 1.807) is 12.1 Å². The zero-order chi connectivity index (χ0) is 21.6. The molecule has 4 nitrogen and oxygen atoms in total. The molecule has 2 atom stereocenters. The largest absolute Gasteiger partial charge is 0.389 e. The van der Waals surface area contributed by atoms with Crippen LogP contribution in [0.2, 0.25) is 0 Å². The zero-order valence-electron chi connectivity index (χ0n) is 17.5. The minimum absolute atomic E-state index is 0.267. The molecular formula is C26H24FN3O. The SMILES string of the molecule is [C-]#[N+]c1ccccc1CC[C@]1(O)CCC2=Cc3c(cnn3-c3ccc(F)cc3)C[C@@]21C. The molecule has 1 heterocycles. The van der Waals surface area contributed by atoms with E-state index >= 15 is 0 Å². The van der Waals surface area contributed by atoms with Crippen LogP contribution in [0.1, 0.15) is 43.0 Å². The van der Waals surface area contributed by atoms with Gasteiger partial charge in [0.2, 0.25) is 0 Å². The summed E-state index contributed by atoms with van der Waals surface area (Å²) in [6.45, 7) is 9.55. The molecule has 0 unspecified atom stereocenters. The summed E-state index contributed by atoms with van der Waals surface area (Å²) in [5, 5.41) is 16.3. The van der Waals surface area contributed by atoms with Crippen molar-refractivity contribution in [2.45, 2.75) is 44.6 Å². The van der Waals surface area contributed by atoms with Gasteiger partial charge >= 0.3 is 0 Å². The van der Waals surface area contributed by atoms with Gasteiger partial charge in [0.05, 0.1) is 29.8 Å². The van der Waals surface area contributed by atoms with Crippen molar-refractivity contribution < 1.29 is 9.50 Å². The molecule has 0 spiro atoms. The third-order valence-corrected chi connectivity index (χ3v) is 7.28. The minimum Gasteiger partial charge on any atom is -0.389 e. The van der Waals surface area contributed by atoms with Gasteiger partial charge in [-0.15, -0.1) is 0 Å². The molecule has 0 radical (unpaired) electrons. The Bertz CT molecular complexity index is 1220. The van der Waals surface area contributed by atoms with Crippen LogP contribution in [-0.2, 0) is 12.8 Å². The molecule has 2 aliphatic carbocycles. The van der Waals surface area contributed by atoms with Gasteiger partial charge in [-0.05, 0) is 73.6 Å². The van der Waals surface area contributed by atoms with Crippen LogP contribution in [0.5, 0.6) is 0 Å². The van der Waals surface area contributed by atoms with Gasteiger partial charge in [-0.3, -0.25) is 0 Å². The molecule has 2 aromatic carbocycles. The van der Waals surface area contributed by atoms with Crippen LogP contribution in [0.15, 0.2) is 60.3 Å². The van der Waals surface area contributed by atoms with Crippen molar-refractivity contribution in [2.24, 2.45) is 5.41 Å². The van der Waals surface area contributed by atoms with Crippen molar-refractivity contribution in [2.75, 3.05) is 0 Å². The van der Waals surface area contributed by atoms with Gasteiger partial charge < -0.3 is 5.11 Å². The quantitative estimate of drug-likeness (QED) is 0.561. The molecular weight excluding hydrogens is 389 g/mol. The summed E-state index contributed by atoms with van der Waals surface area (Å²) in [6.07, 6.45) is 7.60. The van der Waals surface area contributed by atoms with Gasteiger partial charge in [-0.1, -0.05) is 36.8 Å². The number of nitrogens with zero attached hydrogens (tertiary/aromatic N) is 3. The Labute approximate surface area is 181 Å².